The number of carbonyl (C=O) groups excluding carboxylic acids is 2. The van der Waals surface area contributed by atoms with Crippen molar-refractivity contribution < 1.29 is 18.0 Å². The Balaban J connectivity index is 3.20. The average molecular weight is 467 g/mol. The van der Waals surface area contributed by atoms with Gasteiger partial charge in [0.15, 0.2) is 0 Å². The fourth-order valence-corrected chi connectivity index (χ4v) is 3.46. The number of rotatable bonds is 7. The maximum absolute atomic E-state index is 12.7. The van der Waals surface area contributed by atoms with Crippen molar-refractivity contribution in [2.24, 2.45) is 0 Å². The van der Waals surface area contributed by atoms with Gasteiger partial charge >= 0.3 is 0 Å². The third-order valence-electron chi connectivity index (χ3n) is 3.32. The van der Waals surface area contributed by atoms with Crippen LogP contribution in [0.15, 0.2) is 23.1 Å². The number of amides is 2. The number of halogens is 1. The number of hydrogen-bond acceptors (Lipinski definition) is 4. The second-order valence-electron chi connectivity index (χ2n) is 5.20. The van der Waals surface area contributed by atoms with Gasteiger partial charge < -0.3 is 10.2 Å². The predicted molar refractivity (Wildman–Crippen MR) is 100 cm³/mol. The van der Waals surface area contributed by atoms with Crippen LogP contribution in [0.25, 0.3) is 0 Å². The topological polar surface area (TPSA) is 86.8 Å². The Morgan fingerprint density at radius 1 is 1.21 bits per heavy atom. The van der Waals surface area contributed by atoms with Crippen molar-refractivity contribution in [1.29, 1.82) is 0 Å². The molecule has 0 unspecified atom stereocenters. The van der Waals surface area contributed by atoms with Crippen LogP contribution in [0, 0.1) is 3.57 Å². The van der Waals surface area contributed by atoms with Gasteiger partial charge in [0.05, 0.1) is 17.0 Å². The molecule has 0 bridgehead atoms. The lowest BCUT2D eigenvalue weighted by molar-refractivity contribution is -0.121. The summed E-state index contributed by atoms with van der Waals surface area (Å²) < 4.78 is 26.2. The summed E-state index contributed by atoms with van der Waals surface area (Å²) in [5, 5.41) is 2.64. The minimum atomic E-state index is -3.63. The molecule has 0 saturated carbocycles. The largest absolute Gasteiger partial charge is 0.355 e. The molecular weight excluding hydrogens is 445 g/mol. The second-order valence-corrected chi connectivity index (χ2v) is 8.52. The number of nitrogens with zero attached hydrogens (tertiary/aromatic N) is 2. The highest BCUT2D eigenvalue weighted by atomic mass is 127. The first-order valence-corrected chi connectivity index (χ1v) is 9.95. The third-order valence-corrected chi connectivity index (χ3v) is 6.08. The van der Waals surface area contributed by atoms with E-state index in [1.165, 1.54) is 31.1 Å². The van der Waals surface area contributed by atoms with E-state index in [1.807, 2.05) is 22.6 Å². The Bertz CT molecular complexity index is 719. The maximum Gasteiger partial charge on any atom is 0.255 e. The van der Waals surface area contributed by atoms with Crippen LogP contribution in [0.3, 0.4) is 0 Å². The average Bonchev–Trinajstić information content (AvgIpc) is 2.52. The SMILES string of the molecule is CCNC(=O)CN(CC)C(=O)c1cc(S(=O)(=O)N(C)C)ccc1I. The maximum atomic E-state index is 12.7. The fraction of sp³-hybridized carbons (Fsp3) is 0.467. The minimum Gasteiger partial charge on any atom is -0.355 e. The van der Waals surface area contributed by atoms with Gasteiger partial charge in [-0.2, -0.15) is 0 Å². The van der Waals surface area contributed by atoms with Crippen molar-refractivity contribution >= 4 is 44.4 Å². The Hall–Kier alpha value is -1.20. The van der Waals surface area contributed by atoms with Gasteiger partial charge in [-0.1, -0.05) is 0 Å². The second kappa shape index (κ2) is 8.77. The predicted octanol–water partition coefficient (Wildman–Crippen LogP) is 1.14. The van der Waals surface area contributed by atoms with Crippen molar-refractivity contribution in [2.75, 3.05) is 33.7 Å². The quantitative estimate of drug-likeness (QED) is 0.610. The van der Waals surface area contributed by atoms with E-state index >= 15 is 0 Å². The zero-order valence-corrected chi connectivity index (χ0v) is 17.1. The summed E-state index contributed by atoms with van der Waals surface area (Å²) in [7, 11) is -0.768. The van der Waals surface area contributed by atoms with Gasteiger partial charge in [0, 0.05) is 30.8 Å². The molecule has 24 heavy (non-hydrogen) atoms. The first-order chi connectivity index (χ1) is 11.1. The molecule has 0 aromatic heterocycles. The van der Waals surface area contributed by atoms with Crippen molar-refractivity contribution in [3.8, 4) is 0 Å². The van der Waals surface area contributed by atoms with Crippen LogP contribution in [0.1, 0.15) is 24.2 Å². The van der Waals surface area contributed by atoms with Crippen molar-refractivity contribution in [2.45, 2.75) is 18.7 Å². The standard InChI is InChI=1S/C15H22IN3O4S/c1-5-17-14(20)10-19(6-2)15(21)12-9-11(7-8-13(12)16)24(22,23)18(3)4/h7-9H,5-6,10H2,1-4H3,(H,17,20). The summed E-state index contributed by atoms with van der Waals surface area (Å²) in [6, 6.07) is 4.41. The van der Waals surface area contributed by atoms with E-state index in [1.54, 1.807) is 19.9 Å². The Morgan fingerprint density at radius 3 is 2.33 bits per heavy atom. The molecular formula is C15H22IN3O4S. The lowest BCUT2D eigenvalue weighted by atomic mass is 10.2. The number of benzene rings is 1. The monoisotopic (exact) mass is 467 g/mol. The van der Waals surface area contributed by atoms with Crippen LogP contribution in [-0.4, -0.2) is 63.2 Å². The van der Waals surface area contributed by atoms with Crippen LogP contribution >= 0.6 is 22.6 Å². The van der Waals surface area contributed by atoms with Gasteiger partial charge in [0.1, 0.15) is 0 Å². The molecule has 0 atom stereocenters. The van der Waals surface area contributed by atoms with Gasteiger partial charge in [-0.3, -0.25) is 9.59 Å². The first kappa shape index (κ1) is 20.8. The Kier molecular flexibility index (Phi) is 7.61. The van der Waals surface area contributed by atoms with E-state index in [2.05, 4.69) is 5.32 Å². The first-order valence-electron chi connectivity index (χ1n) is 7.43. The molecule has 7 nitrogen and oxygen atoms in total. The molecule has 1 N–H and O–H groups in total. The summed E-state index contributed by atoms with van der Waals surface area (Å²) in [6.07, 6.45) is 0. The number of nitrogens with one attached hydrogen (secondary N) is 1. The highest BCUT2D eigenvalue weighted by molar-refractivity contribution is 14.1. The number of hydrogen-bond donors (Lipinski definition) is 1. The smallest absolute Gasteiger partial charge is 0.255 e. The minimum absolute atomic E-state index is 0.0466. The molecule has 0 aliphatic carbocycles. The number of carbonyl (C=O) groups is 2. The molecule has 0 aliphatic rings. The molecule has 1 aromatic rings. The zero-order chi connectivity index (χ0) is 18.5. The van der Waals surface area contributed by atoms with Crippen molar-refractivity contribution in [3.63, 3.8) is 0 Å². The van der Waals surface area contributed by atoms with Gasteiger partial charge in [-0.25, -0.2) is 12.7 Å². The highest BCUT2D eigenvalue weighted by Crippen LogP contribution is 2.21. The normalized spacial score (nSPS) is 11.4. The van der Waals surface area contributed by atoms with Crippen LogP contribution in [0.5, 0.6) is 0 Å². The fourth-order valence-electron chi connectivity index (χ4n) is 1.96. The summed E-state index contributed by atoms with van der Waals surface area (Å²) in [4.78, 5) is 25.9. The van der Waals surface area contributed by atoms with E-state index < -0.39 is 10.0 Å². The van der Waals surface area contributed by atoms with Crippen LogP contribution in [-0.2, 0) is 14.8 Å². The highest BCUT2D eigenvalue weighted by Gasteiger charge is 2.23. The van der Waals surface area contributed by atoms with Gasteiger partial charge in [0.2, 0.25) is 15.9 Å². The zero-order valence-electron chi connectivity index (χ0n) is 14.2. The van der Waals surface area contributed by atoms with E-state index in [0.29, 0.717) is 16.7 Å². The number of likely N-dealkylation sites (N-methyl/N-ethyl adjacent to an activating group) is 2. The van der Waals surface area contributed by atoms with Gasteiger partial charge in [-0.05, 0) is 54.6 Å². The molecule has 0 aliphatic heterocycles. The lowest BCUT2D eigenvalue weighted by Crippen LogP contribution is -2.40. The molecule has 0 fully saturated rings. The molecule has 9 heteroatoms. The molecule has 1 aromatic carbocycles. The molecule has 0 heterocycles. The third kappa shape index (κ3) is 4.90. The van der Waals surface area contributed by atoms with E-state index in [4.69, 9.17) is 0 Å². The van der Waals surface area contributed by atoms with E-state index in [0.717, 1.165) is 4.31 Å². The van der Waals surface area contributed by atoms with E-state index in [-0.39, 0.29) is 28.8 Å². The molecule has 1 rings (SSSR count). The Labute approximate surface area is 156 Å². The summed E-state index contributed by atoms with van der Waals surface area (Å²) in [5.74, 6) is -0.622. The van der Waals surface area contributed by atoms with Crippen molar-refractivity contribution in [3.05, 3.63) is 27.3 Å². The van der Waals surface area contributed by atoms with E-state index in [9.17, 15) is 18.0 Å². The van der Waals surface area contributed by atoms with Crippen LogP contribution < -0.4 is 5.32 Å². The van der Waals surface area contributed by atoms with Crippen molar-refractivity contribution in [1.82, 2.24) is 14.5 Å². The van der Waals surface area contributed by atoms with Crippen LogP contribution in [0.4, 0.5) is 0 Å². The summed E-state index contributed by atoms with van der Waals surface area (Å²) >= 11 is 1.98. The van der Waals surface area contributed by atoms with Gasteiger partial charge in [-0.15, -0.1) is 0 Å². The molecule has 0 saturated heterocycles. The molecule has 2 amide bonds. The summed E-state index contributed by atoms with van der Waals surface area (Å²) in [6.45, 7) is 4.33. The van der Waals surface area contributed by atoms with Gasteiger partial charge in [0.25, 0.3) is 5.91 Å². The molecule has 0 spiro atoms. The number of sulfonamides is 1. The molecule has 0 radical (unpaired) electrons. The Morgan fingerprint density at radius 2 is 1.83 bits per heavy atom. The lowest BCUT2D eigenvalue weighted by Gasteiger charge is -2.21. The van der Waals surface area contributed by atoms with Crippen LogP contribution in [0.2, 0.25) is 0 Å². The summed E-state index contributed by atoms with van der Waals surface area (Å²) in [5.41, 5.74) is 0.268. The molecule has 134 valence electrons.